The van der Waals surface area contributed by atoms with Crippen LogP contribution in [0.25, 0.3) is 0 Å². The molecule has 0 bridgehead atoms. The number of allylic oxidation sites excluding steroid dienone is 1. The van der Waals surface area contributed by atoms with Gasteiger partial charge in [0, 0.05) is 24.5 Å². The summed E-state index contributed by atoms with van der Waals surface area (Å²) in [5.74, 6) is 0. The summed E-state index contributed by atoms with van der Waals surface area (Å²) in [6.45, 7) is 4.05. The molecule has 1 aromatic carbocycles. The molecule has 2 aliphatic heterocycles. The molecule has 1 saturated heterocycles. The van der Waals surface area contributed by atoms with Gasteiger partial charge in [0.15, 0.2) is 0 Å². The maximum atomic E-state index is 12.7. The fourth-order valence-corrected chi connectivity index (χ4v) is 7.13. The molecular formula is C20H25IN2O2S. The van der Waals surface area contributed by atoms with Crippen LogP contribution < -0.4 is 4.31 Å². The summed E-state index contributed by atoms with van der Waals surface area (Å²) in [4.78, 5) is 2.54. The quantitative estimate of drug-likeness (QED) is 0.484. The number of sulfonamides is 1. The number of benzene rings is 1. The normalized spacial score (nSPS) is 32.9. The van der Waals surface area contributed by atoms with Gasteiger partial charge in [0.05, 0.1) is 18.0 Å². The lowest BCUT2D eigenvalue weighted by Gasteiger charge is -2.47. The Morgan fingerprint density at radius 2 is 2.12 bits per heavy atom. The van der Waals surface area contributed by atoms with Gasteiger partial charge in [0.25, 0.3) is 0 Å². The minimum atomic E-state index is -3.31. The van der Waals surface area contributed by atoms with Crippen molar-refractivity contribution in [3.8, 4) is 0 Å². The number of hydrogen-bond acceptors (Lipinski definition) is 3. The molecule has 0 radical (unpaired) electrons. The maximum Gasteiger partial charge on any atom is 0.232 e. The van der Waals surface area contributed by atoms with Gasteiger partial charge in [-0.2, -0.15) is 0 Å². The van der Waals surface area contributed by atoms with Crippen molar-refractivity contribution >= 4 is 38.3 Å². The van der Waals surface area contributed by atoms with Crippen LogP contribution in [0, 0.1) is 0 Å². The standard InChI is InChI=1S/C20H25IN2O2S/c1-3-15-9-10-18-20(11-14-22(19(15)20)13-6-12-21)16-7-4-5-8-17(16)23(18)26(2,24)25/h3-8,12,18-19H,9-11,13-14H2,1-2H3. The molecule has 3 aliphatic rings. The van der Waals surface area contributed by atoms with Crippen LogP contribution in [0.15, 0.2) is 46.1 Å². The summed E-state index contributed by atoms with van der Waals surface area (Å²) in [6, 6.07) is 8.48. The Kier molecular flexibility index (Phi) is 4.72. The number of halogens is 1. The fourth-order valence-electron chi connectivity index (χ4n) is 5.63. The maximum absolute atomic E-state index is 12.7. The van der Waals surface area contributed by atoms with Crippen molar-refractivity contribution in [1.29, 1.82) is 0 Å². The van der Waals surface area contributed by atoms with Gasteiger partial charge in [0.1, 0.15) is 0 Å². The molecule has 1 spiro atoms. The molecule has 2 heterocycles. The van der Waals surface area contributed by atoms with Gasteiger partial charge in [-0.05, 0) is 41.9 Å². The molecule has 3 unspecified atom stereocenters. The monoisotopic (exact) mass is 484 g/mol. The molecular weight excluding hydrogens is 459 g/mol. The van der Waals surface area contributed by atoms with E-state index in [1.165, 1.54) is 17.4 Å². The van der Waals surface area contributed by atoms with E-state index in [1.807, 2.05) is 12.1 Å². The Morgan fingerprint density at radius 1 is 1.35 bits per heavy atom. The molecule has 0 aromatic heterocycles. The van der Waals surface area contributed by atoms with E-state index in [9.17, 15) is 8.42 Å². The van der Waals surface area contributed by atoms with Crippen molar-refractivity contribution in [2.45, 2.75) is 43.7 Å². The van der Waals surface area contributed by atoms with Crippen LogP contribution in [0.1, 0.15) is 31.7 Å². The van der Waals surface area contributed by atoms with Crippen LogP contribution in [0.5, 0.6) is 0 Å². The van der Waals surface area contributed by atoms with Crippen molar-refractivity contribution in [3.63, 3.8) is 0 Å². The molecule has 26 heavy (non-hydrogen) atoms. The molecule has 1 saturated carbocycles. The molecule has 0 amide bonds. The first kappa shape index (κ1) is 18.5. The van der Waals surface area contributed by atoms with E-state index in [-0.39, 0.29) is 17.5 Å². The Hall–Kier alpha value is -0.860. The van der Waals surface area contributed by atoms with Crippen LogP contribution in [0.2, 0.25) is 0 Å². The SMILES string of the molecule is CC=C1CCC2N(S(C)(=O)=O)c3ccccc3C23CCN(CC=CI)C13. The average Bonchev–Trinajstić information content (AvgIpc) is 3.14. The van der Waals surface area contributed by atoms with Crippen molar-refractivity contribution in [1.82, 2.24) is 4.90 Å². The highest BCUT2D eigenvalue weighted by Gasteiger charge is 2.63. The van der Waals surface area contributed by atoms with Gasteiger partial charge in [0.2, 0.25) is 10.0 Å². The summed E-state index contributed by atoms with van der Waals surface area (Å²) in [5.41, 5.74) is 3.46. The number of nitrogens with zero attached hydrogens (tertiary/aromatic N) is 2. The second-order valence-corrected chi connectivity index (χ2v) is 10.1. The molecule has 1 aromatic rings. The van der Waals surface area contributed by atoms with Crippen molar-refractivity contribution in [2.24, 2.45) is 0 Å². The lowest BCUT2D eigenvalue weighted by Crippen LogP contribution is -2.56. The predicted molar refractivity (Wildman–Crippen MR) is 115 cm³/mol. The topological polar surface area (TPSA) is 40.6 Å². The number of likely N-dealkylation sites (tertiary alicyclic amines) is 1. The Morgan fingerprint density at radius 3 is 2.81 bits per heavy atom. The molecule has 2 fully saturated rings. The minimum absolute atomic E-state index is 0.0252. The zero-order valence-corrected chi connectivity index (χ0v) is 18.2. The Bertz CT molecular complexity index is 880. The fraction of sp³-hybridized carbons (Fsp3) is 0.500. The zero-order chi connectivity index (χ0) is 18.5. The lowest BCUT2D eigenvalue weighted by molar-refractivity contribution is 0.208. The van der Waals surface area contributed by atoms with Crippen LogP contribution in [-0.2, 0) is 15.4 Å². The molecule has 4 nitrogen and oxygen atoms in total. The number of anilines is 1. The average molecular weight is 484 g/mol. The lowest BCUT2D eigenvalue weighted by atomic mass is 9.63. The first-order valence-corrected chi connectivity index (χ1v) is 12.3. The smallest absolute Gasteiger partial charge is 0.232 e. The number of hydrogen-bond donors (Lipinski definition) is 0. The van der Waals surface area contributed by atoms with E-state index in [0.29, 0.717) is 0 Å². The van der Waals surface area contributed by atoms with E-state index < -0.39 is 10.0 Å². The second kappa shape index (κ2) is 6.63. The Balaban J connectivity index is 1.92. The second-order valence-electron chi connectivity index (χ2n) is 7.54. The number of para-hydroxylation sites is 1. The van der Waals surface area contributed by atoms with E-state index in [0.717, 1.165) is 38.0 Å². The molecule has 3 atom stereocenters. The predicted octanol–water partition coefficient (Wildman–Crippen LogP) is 3.84. The van der Waals surface area contributed by atoms with E-state index in [1.54, 1.807) is 4.31 Å². The summed E-state index contributed by atoms with van der Waals surface area (Å²) in [5, 5.41) is 0. The van der Waals surface area contributed by atoms with Crippen LogP contribution in [-0.4, -0.2) is 44.7 Å². The third-order valence-corrected chi connectivity index (χ3v) is 8.08. The highest BCUT2D eigenvalue weighted by Crippen LogP contribution is 2.59. The molecule has 6 heteroatoms. The molecule has 1 aliphatic carbocycles. The Labute approximate surface area is 170 Å². The van der Waals surface area contributed by atoms with Crippen LogP contribution in [0.3, 0.4) is 0 Å². The summed E-state index contributed by atoms with van der Waals surface area (Å²) >= 11 is 2.27. The van der Waals surface area contributed by atoms with Crippen LogP contribution >= 0.6 is 22.6 Å². The van der Waals surface area contributed by atoms with Gasteiger partial charge in [-0.25, -0.2) is 8.42 Å². The highest BCUT2D eigenvalue weighted by atomic mass is 127. The van der Waals surface area contributed by atoms with Crippen molar-refractivity contribution < 1.29 is 8.42 Å². The van der Waals surface area contributed by atoms with Gasteiger partial charge >= 0.3 is 0 Å². The van der Waals surface area contributed by atoms with Gasteiger partial charge in [-0.3, -0.25) is 9.21 Å². The van der Waals surface area contributed by atoms with Crippen LogP contribution in [0.4, 0.5) is 5.69 Å². The van der Waals surface area contributed by atoms with Gasteiger partial charge < -0.3 is 0 Å². The summed E-state index contributed by atoms with van der Waals surface area (Å²) < 4.78 is 29.3. The van der Waals surface area contributed by atoms with Crippen molar-refractivity contribution in [2.75, 3.05) is 23.7 Å². The number of fused-ring (bicyclic) bond motifs is 1. The minimum Gasteiger partial charge on any atom is -0.292 e. The molecule has 4 rings (SSSR count). The highest BCUT2D eigenvalue weighted by molar-refractivity contribution is 14.1. The summed E-state index contributed by atoms with van der Waals surface area (Å²) in [7, 11) is -3.31. The van der Waals surface area contributed by atoms with Crippen molar-refractivity contribution in [3.05, 3.63) is 51.6 Å². The van der Waals surface area contributed by atoms with E-state index in [2.05, 4.69) is 62.8 Å². The van der Waals surface area contributed by atoms with Gasteiger partial charge in [-0.15, -0.1) is 0 Å². The largest absolute Gasteiger partial charge is 0.292 e. The first-order chi connectivity index (χ1) is 12.4. The number of rotatable bonds is 3. The van der Waals surface area contributed by atoms with E-state index >= 15 is 0 Å². The summed E-state index contributed by atoms with van der Waals surface area (Å²) in [6.07, 6.45) is 8.70. The van der Waals surface area contributed by atoms with E-state index in [4.69, 9.17) is 0 Å². The third kappa shape index (κ3) is 2.52. The zero-order valence-electron chi connectivity index (χ0n) is 15.2. The van der Waals surface area contributed by atoms with Gasteiger partial charge in [-0.1, -0.05) is 58.5 Å². The molecule has 140 valence electrons. The molecule has 0 N–H and O–H groups in total. The third-order valence-electron chi connectivity index (χ3n) is 6.40. The first-order valence-electron chi connectivity index (χ1n) is 9.18.